The lowest BCUT2D eigenvalue weighted by molar-refractivity contribution is -0.136. The van der Waals surface area contributed by atoms with Crippen molar-refractivity contribution in [3.63, 3.8) is 0 Å². The Morgan fingerprint density at radius 1 is 1.03 bits per heavy atom. The third kappa shape index (κ3) is 4.54. The molecule has 1 amide bonds. The van der Waals surface area contributed by atoms with Gasteiger partial charge in [-0.1, -0.05) is 43.2 Å². The molecule has 2 heterocycles. The van der Waals surface area contributed by atoms with Crippen molar-refractivity contribution < 1.29 is 4.79 Å². The number of hydrogen-bond donors (Lipinski definition) is 1. The SMILES string of the molecule is Cn1cc(C2CCN(C(=O)C3CCCC3)CC2)c2cc(NSCc3ccccc3)ccc21. The Labute approximate surface area is 195 Å². The maximum atomic E-state index is 12.8. The third-order valence-electron chi connectivity index (χ3n) is 7.24. The predicted octanol–water partition coefficient (Wildman–Crippen LogP) is 6.33. The lowest BCUT2D eigenvalue weighted by Gasteiger charge is -2.33. The summed E-state index contributed by atoms with van der Waals surface area (Å²) in [5.41, 5.74) is 5.19. The van der Waals surface area contributed by atoms with Crippen LogP contribution >= 0.6 is 11.9 Å². The minimum atomic E-state index is 0.297. The standard InChI is InChI=1S/C27H33N3OS/c1-29-18-25(21-13-15-30(16-14-21)27(31)22-9-5-6-10-22)24-17-23(11-12-26(24)29)28-32-19-20-7-3-2-4-8-20/h2-4,7-8,11-12,17-18,21-22,28H,5-6,9-10,13-16,19H2,1H3. The summed E-state index contributed by atoms with van der Waals surface area (Å²) in [5, 5.41) is 1.35. The Kier molecular flexibility index (Phi) is 6.44. The smallest absolute Gasteiger partial charge is 0.225 e. The summed E-state index contributed by atoms with van der Waals surface area (Å²) in [6, 6.07) is 17.3. The average molecular weight is 448 g/mol. The second-order valence-electron chi connectivity index (χ2n) is 9.38. The molecule has 0 bridgehead atoms. The van der Waals surface area contributed by atoms with Crippen LogP contribution in [0.1, 0.15) is 55.6 Å². The van der Waals surface area contributed by atoms with Gasteiger partial charge < -0.3 is 14.2 Å². The molecule has 0 spiro atoms. The van der Waals surface area contributed by atoms with Gasteiger partial charge in [0.15, 0.2) is 0 Å². The predicted molar refractivity (Wildman–Crippen MR) is 135 cm³/mol. The Morgan fingerprint density at radius 3 is 2.53 bits per heavy atom. The average Bonchev–Trinajstić information content (AvgIpc) is 3.48. The molecule has 1 aromatic heterocycles. The van der Waals surface area contributed by atoms with Gasteiger partial charge in [0.05, 0.1) is 0 Å². The first kappa shape index (κ1) is 21.4. The van der Waals surface area contributed by atoms with Crippen molar-refractivity contribution in [1.82, 2.24) is 9.47 Å². The monoisotopic (exact) mass is 447 g/mol. The van der Waals surface area contributed by atoms with Crippen molar-refractivity contribution in [2.75, 3.05) is 17.8 Å². The van der Waals surface area contributed by atoms with E-state index >= 15 is 0 Å². The number of rotatable bonds is 6. The summed E-state index contributed by atoms with van der Waals surface area (Å²) < 4.78 is 5.78. The summed E-state index contributed by atoms with van der Waals surface area (Å²) in [4.78, 5) is 15.0. The van der Waals surface area contributed by atoms with Gasteiger partial charge in [0.1, 0.15) is 0 Å². The van der Waals surface area contributed by atoms with Crippen LogP contribution in [0.15, 0.2) is 54.7 Å². The Hall–Kier alpha value is -2.40. The van der Waals surface area contributed by atoms with Crippen LogP contribution in [-0.2, 0) is 17.6 Å². The van der Waals surface area contributed by atoms with Crippen molar-refractivity contribution in [2.24, 2.45) is 13.0 Å². The number of benzene rings is 2. The normalized spacial score (nSPS) is 17.8. The highest BCUT2D eigenvalue weighted by atomic mass is 32.2. The Bertz CT molecular complexity index is 1060. The van der Waals surface area contributed by atoms with Crippen molar-refractivity contribution in [1.29, 1.82) is 0 Å². The zero-order valence-corrected chi connectivity index (χ0v) is 19.7. The van der Waals surface area contributed by atoms with E-state index in [-0.39, 0.29) is 0 Å². The second-order valence-corrected chi connectivity index (χ2v) is 10.2. The lowest BCUT2D eigenvalue weighted by atomic mass is 9.88. The number of piperidine rings is 1. The van der Waals surface area contributed by atoms with Gasteiger partial charge in [-0.2, -0.15) is 0 Å². The Balaban J connectivity index is 1.25. The maximum Gasteiger partial charge on any atom is 0.225 e. The molecule has 2 aromatic carbocycles. The first-order valence-corrected chi connectivity index (χ1v) is 13.0. The first-order valence-electron chi connectivity index (χ1n) is 12.0. The van der Waals surface area contributed by atoms with E-state index in [2.05, 4.69) is 76.0 Å². The molecule has 5 heteroatoms. The van der Waals surface area contributed by atoms with Crippen LogP contribution in [0.3, 0.4) is 0 Å². The minimum absolute atomic E-state index is 0.297. The van der Waals surface area contributed by atoms with E-state index in [9.17, 15) is 4.79 Å². The molecule has 2 aliphatic rings. The summed E-state index contributed by atoms with van der Waals surface area (Å²) in [5.74, 6) is 2.18. The second kappa shape index (κ2) is 9.62. The van der Waals surface area contributed by atoms with E-state index in [1.165, 1.54) is 34.9 Å². The summed E-state index contributed by atoms with van der Waals surface area (Å²) in [6.07, 6.45) is 9.09. The number of carbonyl (C=O) groups excluding carboxylic acids is 1. The van der Waals surface area contributed by atoms with E-state index in [0.717, 1.165) is 50.2 Å². The zero-order chi connectivity index (χ0) is 21.9. The van der Waals surface area contributed by atoms with E-state index in [1.54, 1.807) is 11.9 Å². The quantitative estimate of drug-likeness (QED) is 0.448. The first-order chi connectivity index (χ1) is 15.7. The van der Waals surface area contributed by atoms with Crippen molar-refractivity contribution in [3.8, 4) is 0 Å². The number of aryl methyl sites for hydroxylation is 1. The van der Waals surface area contributed by atoms with Crippen LogP contribution < -0.4 is 4.72 Å². The number of likely N-dealkylation sites (tertiary alicyclic amines) is 1. The van der Waals surface area contributed by atoms with Crippen LogP contribution in [0.25, 0.3) is 10.9 Å². The van der Waals surface area contributed by atoms with Gasteiger partial charge in [-0.05, 0) is 72.9 Å². The molecule has 0 radical (unpaired) electrons. The summed E-state index contributed by atoms with van der Waals surface area (Å²) in [7, 11) is 2.14. The zero-order valence-electron chi connectivity index (χ0n) is 18.9. The molecule has 1 saturated heterocycles. The van der Waals surface area contributed by atoms with Crippen LogP contribution in [-0.4, -0.2) is 28.5 Å². The number of nitrogens with one attached hydrogen (secondary N) is 1. The topological polar surface area (TPSA) is 37.3 Å². The van der Waals surface area contributed by atoms with Crippen LogP contribution in [0.4, 0.5) is 5.69 Å². The molecule has 32 heavy (non-hydrogen) atoms. The molecule has 4 nitrogen and oxygen atoms in total. The number of carbonyl (C=O) groups is 1. The van der Waals surface area contributed by atoms with Crippen molar-refractivity contribution >= 4 is 34.4 Å². The molecule has 2 fully saturated rings. The molecule has 1 saturated carbocycles. The van der Waals surface area contributed by atoms with E-state index in [4.69, 9.17) is 0 Å². The van der Waals surface area contributed by atoms with Gasteiger partial charge >= 0.3 is 0 Å². The van der Waals surface area contributed by atoms with Crippen LogP contribution in [0, 0.1) is 5.92 Å². The molecular weight excluding hydrogens is 414 g/mol. The molecule has 0 unspecified atom stereocenters. The molecule has 1 N–H and O–H groups in total. The van der Waals surface area contributed by atoms with Crippen molar-refractivity contribution in [2.45, 2.75) is 50.2 Å². The highest BCUT2D eigenvalue weighted by Gasteiger charge is 2.31. The fraction of sp³-hybridized carbons (Fsp3) is 0.444. The van der Waals surface area contributed by atoms with Gasteiger partial charge in [0, 0.05) is 54.6 Å². The van der Waals surface area contributed by atoms with Gasteiger partial charge in [0.2, 0.25) is 5.91 Å². The van der Waals surface area contributed by atoms with Gasteiger partial charge in [-0.15, -0.1) is 0 Å². The molecule has 5 rings (SSSR count). The molecule has 1 aliphatic carbocycles. The highest BCUT2D eigenvalue weighted by Crippen LogP contribution is 2.37. The highest BCUT2D eigenvalue weighted by molar-refractivity contribution is 7.99. The lowest BCUT2D eigenvalue weighted by Crippen LogP contribution is -2.40. The maximum absolute atomic E-state index is 12.8. The molecular formula is C27H33N3OS. The third-order valence-corrected chi connectivity index (χ3v) is 8.10. The van der Waals surface area contributed by atoms with Gasteiger partial charge in [-0.3, -0.25) is 4.79 Å². The van der Waals surface area contributed by atoms with E-state index in [0.29, 0.717) is 17.7 Å². The van der Waals surface area contributed by atoms with Crippen LogP contribution in [0.5, 0.6) is 0 Å². The minimum Gasteiger partial charge on any atom is -0.350 e. The summed E-state index contributed by atoms with van der Waals surface area (Å²) in [6.45, 7) is 1.81. The molecule has 3 aromatic rings. The van der Waals surface area contributed by atoms with Crippen molar-refractivity contribution in [3.05, 3.63) is 65.9 Å². The number of amides is 1. The molecule has 0 atom stereocenters. The number of aromatic nitrogens is 1. The van der Waals surface area contributed by atoms with Crippen LogP contribution in [0.2, 0.25) is 0 Å². The van der Waals surface area contributed by atoms with Gasteiger partial charge in [-0.25, -0.2) is 0 Å². The molecule has 168 valence electrons. The Morgan fingerprint density at radius 2 is 1.78 bits per heavy atom. The van der Waals surface area contributed by atoms with E-state index in [1.807, 2.05) is 0 Å². The number of fused-ring (bicyclic) bond motifs is 1. The van der Waals surface area contributed by atoms with Gasteiger partial charge in [0.25, 0.3) is 0 Å². The fourth-order valence-corrected chi connectivity index (χ4v) is 6.16. The number of nitrogens with zero attached hydrogens (tertiary/aromatic N) is 2. The van der Waals surface area contributed by atoms with E-state index < -0.39 is 0 Å². The summed E-state index contributed by atoms with van der Waals surface area (Å²) >= 11 is 1.73. The number of anilines is 1. The fourth-order valence-electron chi connectivity index (χ4n) is 5.43. The molecule has 1 aliphatic heterocycles. The number of hydrogen-bond acceptors (Lipinski definition) is 3. The largest absolute Gasteiger partial charge is 0.350 e.